The zero-order chi connectivity index (χ0) is 23.7. The lowest BCUT2D eigenvalue weighted by atomic mass is 9.99. The fraction of sp³-hybridized carbons (Fsp3) is 0.148. The highest BCUT2D eigenvalue weighted by atomic mass is 32.2. The van der Waals surface area contributed by atoms with E-state index in [2.05, 4.69) is 53.4 Å². The molecule has 2 N–H and O–H groups in total. The van der Waals surface area contributed by atoms with Gasteiger partial charge in [-0.1, -0.05) is 80.2 Å². The third-order valence-electron chi connectivity index (χ3n) is 5.68. The predicted molar refractivity (Wildman–Crippen MR) is 143 cm³/mol. The number of carbonyl (C=O) groups is 1. The van der Waals surface area contributed by atoms with Crippen molar-refractivity contribution in [2.45, 2.75) is 24.9 Å². The van der Waals surface area contributed by atoms with Crippen molar-refractivity contribution < 1.29 is 4.79 Å². The van der Waals surface area contributed by atoms with Gasteiger partial charge in [0.25, 0.3) is 5.56 Å². The van der Waals surface area contributed by atoms with Gasteiger partial charge in [-0.25, -0.2) is 4.98 Å². The summed E-state index contributed by atoms with van der Waals surface area (Å²) >= 11 is 2.66. The Labute approximate surface area is 205 Å². The SMILES string of the molecule is CC(C)c1ccc(-c2csc3nc(SCC(=O)Nc4ccc5ccccc5c4)[nH]c(=O)c23)cc1. The van der Waals surface area contributed by atoms with Crippen LogP contribution in [0.1, 0.15) is 25.3 Å². The molecule has 0 saturated carbocycles. The molecule has 0 spiro atoms. The molecule has 7 heteroatoms. The molecule has 0 aliphatic carbocycles. The van der Waals surface area contributed by atoms with Gasteiger partial charge in [-0.2, -0.15) is 0 Å². The Kier molecular flexibility index (Phi) is 6.22. The second kappa shape index (κ2) is 9.44. The molecule has 5 nitrogen and oxygen atoms in total. The van der Waals surface area contributed by atoms with Gasteiger partial charge in [-0.05, 0) is 39.9 Å². The summed E-state index contributed by atoms with van der Waals surface area (Å²) in [5, 5.41) is 8.10. The average Bonchev–Trinajstić information content (AvgIpc) is 3.27. The maximum absolute atomic E-state index is 12.9. The summed E-state index contributed by atoms with van der Waals surface area (Å²) in [6, 6.07) is 22.1. The third kappa shape index (κ3) is 4.62. The number of nitrogens with zero attached hydrogens (tertiary/aromatic N) is 1. The van der Waals surface area contributed by atoms with Crippen LogP contribution in [0.5, 0.6) is 0 Å². The van der Waals surface area contributed by atoms with E-state index in [-0.39, 0.29) is 17.2 Å². The van der Waals surface area contributed by atoms with Gasteiger partial charge in [0, 0.05) is 16.6 Å². The maximum atomic E-state index is 12.9. The molecule has 0 unspecified atom stereocenters. The Morgan fingerprint density at radius 1 is 1.06 bits per heavy atom. The number of fused-ring (bicyclic) bond motifs is 2. The van der Waals surface area contributed by atoms with E-state index in [0.29, 0.717) is 21.3 Å². The van der Waals surface area contributed by atoms with Crippen LogP contribution in [0.2, 0.25) is 0 Å². The fourth-order valence-electron chi connectivity index (χ4n) is 3.86. The highest BCUT2D eigenvalue weighted by Gasteiger charge is 2.14. The molecule has 34 heavy (non-hydrogen) atoms. The minimum absolute atomic E-state index is 0.149. The topological polar surface area (TPSA) is 74.8 Å². The zero-order valence-corrected chi connectivity index (χ0v) is 20.4. The number of H-pyrrole nitrogens is 1. The molecule has 0 bridgehead atoms. The molecule has 0 radical (unpaired) electrons. The van der Waals surface area contributed by atoms with Gasteiger partial charge in [-0.15, -0.1) is 11.3 Å². The predicted octanol–water partition coefficient (Wildman–Crippen LogP) is 6.66. The van der Waals surface area contributed by atoms with Crippen LogP contribution in [0.25, 0.3) is 32.1 Å². The number of thiophene rings is 1. The molecule has 0 aliphatic heterocycles. The number of nitrogens with one attached hydrogen (secondary N) is 2. The molecule has 170 valence electrons. The van der Waals surface area contributed by atoms with E-state index in [4.69, 9.17) is 0 Å². The largest absolute Gasteiger partial charge is 0.325 e. The van der Waals surface area contributed by atoms with E-state index in [1.54, 1.807) is 0 Å². The molecule has 0 atom stereocenters. The Hall–Kier alpha value is -3.42. The summed E-state index contributed by atoms with van der Waals surface area (Å²) in [7, 11) is 0. The molecular formula is C27H23N3O2S2. The molecule has 5 aromatic rings. The molecule has 0 fully saturated rings. The minimum Gasteiger partial charge on any atom is -0.325 e. The van der Waals surface area contributed by atoms with Crippen LogP contribution in [-0.2, 0) is 4.79 Å². The second-order valence-corrected chi connectivity index (χ2v) is 10.2. The van der Waals surface area contributed by atoms with Crippen LogP contribution < -0.4 is 10.9 Å². The van der Waals surface area contributed by atoms with Crippen molar-refractivity contribution >= 4 is 55.7 Å². The van der Waals surface area contributed by atoms with Crippen LogP contribution in [0.15, 0.2) is 82.1 Å². The number of amides is 1. The molecule has 2 heterocycles. The standard InChI is InChI=1S/C27H23N3O2S2/c1-16(2)17-7-9-19(10-8-17)22-14-33-26-24(22)25(32)29-27(30-26)34-15-23(31)28-21-12-11-18-5-3-4-6-20(18)13-21/h3-14,16H,15H2,1-2H3,(H,28,31)(H,29,30,32). The van der Waals surface area contributed by atoms with Crippen LogP contribution >= 0.6 is 23.1 Å². The average molecular weight is 486 g/mol. The summed E-state index contributed by atoms with van der Waals surface area (Å²) < 4.78 is 0. The van der Waals surface area contributed by atoms with Gasteiger partial charge >= 0.3 is 0 Å². The Balaban J connectivity index is 1.30. The van der Waals surface area contributed by atoms with Crippen molar-refractivity contribution in [3.8, 4) is 11.1 Å². The third-order valence-corrected chi connectivity index (χ3v) is 7.43. The number of thioether (sulfide) groups is 1. The van der Waals surface area contributed by atoms with E-state index in [1.165, 1.54) is 28.7 Å². The lowest BCUT2D eigenvalue weighted by Gasteiger charge is -2.07. The number of carbonyl (C=O) groups excluding carboxylic acids is 1. The van der Waals surface area contributed by atoms with Crippen molar-refractivity contribution in [2.24, 2.45) is 0 Å². The van der Waals surface area contributed by atoms with E-state index >= 15 is 0 Å². The summed E-state index contributed by atoms with van der Waals surface area (Å²) in [6.07, 6.45) is 0. The molecular weight excluding hydrogens is 462 g/mol. The van der Waals surface area contributed by atoms with Gasteiger partial charge in [0.1, 0.15) is 4.83 Å². The van der Waals surface area contributed by atoms with Crippen LogP contribution in [-0.4, -0.2) is 21.6 Å². The maximum Gasteiger partial charge on any atom is 0.260 e. The molecule has 1 amide bonds. The summed E-state index contributed by atoms with van der Waals surface area (Å²) in [5.74, 6) is 0.451. The van der Waals surface area contributed by atoms with Gasteiger partial charge in [0.15, 0.2) is 5.16 Å². The number of anilines is 1. The Morgan fingerprint density at radius 3 is 2.59 bits per heavy atom. The van der Waals surface area contributed by atoms with Gasteiger partial charge in [-0.3, -0.25) is 9.59 Å². The van der Waals surface area contributed by atoms with E-state index in [9.17, 15) is 9.59 Å². The van der Waals surface area contributed by atoms with Gasteiger partial charge in [0.2, 0.25) is 5.91 Å². The van der Waals surface area contributed by atoms with Crippen molar-refractivity contribution in [3.63, 3.8) is 0 Å². The molecule has 0 aliphatic rings. The first kappa shape index (κ1) is 22.4. The monoisotopic (exact) mass is 485 g/mol. The lowest BCUT2D eigenvalue weighted by molar-refractivity contribution is -0.113. The normalized spacial score (nSPS) is 11.4. The second-order valence-electron chi connectivity index (χ2n) is 8.38. The number of hydrogen-bond donors (Lipinski definition) is 2. The van der Waals surface area contributed by atoms with E-state index in [0.717, 1.165) is 27.6 Å². The van der Waals surface area contributed by atoms with Crippen LogP contribution in [0.4, 0.5) is 5.69 Å². The number of benzene rings is 3. The number of hydrogen-bond acceptors (Lipinski definition) is 5. The highest BCUT2D eigenvalue weighted by Crippen LogP contribution is 2.32. The number of rotatable bonds is 6. The Morgan fingerprint density at radius 2 is 1.82 bits per heavy atom. The quantitative estimate of drug-likeness (QED) is 0.208. The number of aromatic nitrogens is 2. The first-order valence-electron chi connectivity index (χ1n) is 11.0. The first-order valence-corrected chi connectivity index (χ1v) is 12.9. The molecule has 2 aromatic heterocycles. The summed E-state index contributed by atoms with van der Waals surface area (Å²) in [6.45, 7) is 4.32. The van der Waals surface area contributed by atoms with Crippen LogP contribution in [0.3, 0.4) is 0 Å². The summed E-state index contributed by atoms with van der Waals surface area (Å²) in [5.41, 5.74) is 3.70. The zero-order valence-electron chi connectivity index (χ0n) is 18.8. The van der Waals surface area contributed by atoms with Gasteiger partial charge < -0.3 is 10.3 Å². The molecule has 3 aromatic carbocycles. The van der Waals surface area contributed by atoms with Crippen molar-refractivity contribution in [1.82, 2.24) is 9.97 Å². The highest BCUT2D eigenvalue weighted by molar-refractivity contribution is 7.99. The molecule has 5 rings (SSSR count). The van der Waals surface area contributed by atoms with Gasteiger partial charge in [0.05, 0.1) is 11.1 Å². The van der Waals surface area contributed by atoms with Crippen molar-refractivity contribution in [2.75, 3.05) is 11.1 Å². The summed E-state index contributed by atoms with van der Waals surface area (Å²) in [4.78, 5) is 33.5. The smallest absolute Gasteiger partial charge is 0.260 e. The minimum atomic E-state index is -0.188. The van der Waals surface area contributed by atoms with E-state index < -0.39 is 0 Å². The number of aromatic amines is 1. The first-order chi connectivity index (χ1) is 16.5. The van der Waals surface area contributed by atoms with E-state index in [1.807, 2.05) is 47.8 Å². The van der Waals surface area contributed by atoms with Crippen LogP contribution in [0, 0.1) is 0 Å². The van der Waals surface area contributed by atoms with Crippen molar-refractivity contribution in [3.05, 3.63) is 88.0 Å². The lowest BCUT2D eigenvalue weighted by Crippen LogP contribution is -2.15. The fourth-order valence-corrected chi connectivity index (χ4v) is 5.52. The Bertz CT molecular complexity index is 1550. The van der Waals surface area contributed by atoms with Crippen molar-refractivity contribution in [1.29, 1.82) is 0 Å². The molecule has 0 saturated heterocycles.